The fourth-order valence-corrected chi connectivity index (χ4v) is 3.56. The van der Waals surface area contributed by atoms with Crippen LogP contribution in [0, 0.1) is 5.92 Å². The largest absolute Gasteiger partial charge is 0.388 e. The van der Waals surface area contributed by atoms with Crippen LogP contribution in [0.1, 0.15) is 18.4 Å². The number of hydrogen-bond acceptors (Lipinski definition) is 3. The number of rotatable bonds is 3. The second-order valence-corrected chi connectivity index (χ2v) is 6.08. The molecule has 3 heteroatoms. The Morgan fingerprint density at radius 3 is 2.84 bits per heavy atom. The normalized spacial score (nSPS) is 26.7. The number of piperidine rings is 1. The van der Waals surface area contributed by atoms with Crippen LogP contribution in [0.5, 0.6) is 0 Å². The zero-order valence-electron chi connectivity index (χ0n) is 12.0. The Kier molecular flexibility index (Phi) is 3.50. The summed E-state index contributed by atoms with van der Waals surface area (Å²) < 4.78 is 5.62. The van der Waals surface area contributed by atoms with Crippen molar-refractivity contribution in [2.24, 2.45) is 5.92 Å². The molecular formula is C16H24N2O. The van der Waals surface area contributed by atoms with Crippen LogP contribution in [-0.4, -0.2) is 45.3 Å². The van der Waals surface area contributed by atoms with Gasteiger partial charge in [-0.2, -0.15) is 0 Å². The van der Waals surface area contributed by atoms with Crippen LogP contribution in [0.4, 0.5) is 5.69 Å². The van der Waals surface area contributed by atoms with Gasteiger partial charge in [-0.25, -0.2) is 0 Å². The summed E-state index contributed by atoms with van der Waals surface area (Å²) >= 11 is 0. The minimum absolute atomic E-state index is 0.252. The van der Waals surface area contributed by atoms with E-state index in [1.54, 1.807) is 0 Å². The van der Waals surface area contributed by atoms with Crippen LogP contribution in [-0.2, 0) is 10.2 Å². The lowest BCUT2D eigenvalue weighted by atomic mass is 9.66. The predicted octanol–water partition coefficient (Wildman–Crippen LogP) is 2.34. The van der Waals surface area contributed by atoms with Crippen molar-refractivity contribution in [2.45, 2.75) is 18.3 Å². The Balaban J connectivity index is 1.89. The van der Waals surface area contributed by atoms with Crippen molar-refractivity contribution in [3.63, 3.8) is 0 Å². The lowest BCUT2D eigenvalue weighted by Gasteiger charge is -2.50. The van der Waals surface area contributed by atoms with Crippen molar-refractivity contribution in [3.8, 4) is 0 Å². The van der Waals surface area contributed by atoms with Crippen molar-refractivity contribution < 1.29 is 4.74 Å². The van der Waals surface area contributed by atoms with Crippen molar-refractivity contribution in [1.82, 2.24) is 4.90 Å². The number of anilines is 1. The maximum Gasteiger partial charge on any atom is 0.0588 e. The molecule has 1 unspecified atom stereocenters. The standard InChI is InChI=1S/C16H24N2O/c1-17-15-7-3-5-13(9-15)16(11-19-12-16)14-6-4-8-18(2)10-14/h3,5,7,9,14,17H,4,6,8,10-12H2,1-2H3. The fraction of sp³-hybridized carbons (Fsp3) is 0.625. The van der Waals surface area contributed by atoms with E-state index in [1.165, 1.54) is 37.2 Å². The summed E-state index contributed by atoms with van der Waals surface area (Å²) in [6.45, 7) is 4.22. The van der Waals surface area contributed by atoms with Gasteiger partial charge in [0.1, 0.15) is 0 Å². The lowest BCUT2D eigenvalue weighted by Crippen LogP contribution is -2.56. The smallest absolute Gasteiger partial charge is 0.0588 e. The molecule has 0 spiro atoms. The van der Waals surface area contributed by atoms with Gasteiger partial charge in [0, 0.05) is 24.7 Å². The van der Waals surface area contributed by atoms with Gasteiger partial charge in [0.15, 0.2) is 0 Å². The Bertz CT molecular complexity index is 442. The molecule has 3 rings (SSSR count). The molecule has 1 aromatic rings. The zero-order chi connectivity index (χ0) is 13.3. The number of nitrogens with zero attached hydrogens (tertiary/aromatic N) is 1. The van der Waals surface area contributed by atoms with Crippen molar-refractivity contribution in [3.05, 3.63) is 29.8 Å². The molecule has 0 radical (unpaired) electrons. The van der Waals surface area contributed by atoms with Crippen LogP contribution >= 0.6 is 0 Å². The molecule has 2 saturated heterocycles. The van der Waals surface area contributed by atoms with E-state index >= 15 is 0 Å². The van der Waals surface area contributed by atoms with Crippen LogP contribution in [0.3, 0.4) is 0 Å². The molecular weight excluding hydrogens is 236 g/mol. The maximum atomic E-state index is 5.62. The second-order valence-electron chi connectivity index (χ2n) is 6.08. The number of benzene rings is 1. The van der Waals surface area contributed by atoms with E-state index in [0.717, 1.165) is 19.1 Å². The van der Waals surface area contributed by atoms with Gasteiger partial charge < -0.3 is 15.0 Å². The van der Waals surface area contributed by atoms with Crippen LogP contribution in [0.15, 0.2) is 24.3 Å². The number of likely N-dealkylation sites (tertiary alicyclic amines) is 1. The Hall–Kier alpha value is -1.06. The summed E-state index contributed by atoms with van der Waals surface area (Å²) in [5.74, 6) is 0.729. The monoisotopic (exact) mass is 260 g/mol. The highest BCUT2D eigenvalue weighted by Crippen LogP contribution is 2.43. The minimum Gasteiger partial charge on any atom is -0.388 e. The predicted molar refractivity (Wildman–Crippen MR) is 78.7 cm³/mol. The third-order valence-electron chi connectivity index (χ3n) is 4.85. The minimum atomic E-state index is 0.252. The molecule has 0 aliphatic carbocycles. The highest BCUT2D eigenvalue weighted by molar-refractivity contribution is 5.48. The van der Waals surface area contributed by atoms with E-state index < -0.39 is 0 Å². The van der Waals surface area contributed by atoms with Crippen molar-refractivity contribution in [1.29, 1.82) is 0 Å². The third-order valence-corrected chi connectivity index (χ3v) is 4.85. The molecule has 0 bridgehead atoms. The maximum absolute atomic E-state index is 5.62. The Morgan fingerprint density at radius 2 is 2.21 bits per heavy atom. The third kappa shape index (κ3) is 2.26. The average Bonchev–Trinajstić information content (AvgIpc) is 2.38. The molecule has 0 amide bonds. The Morgan fingerprint density at radius 1 is 1.37 bits per heavy atom. The van der Waals surface area contributed by atoms with E-state index in [4.69, 9.17) is 4.74 Å². The molecule has 2 aliphatic rings. The van der Waals surface area contributed by atoms with Crippen LogP contribution in [0.2, 0.25) is 0 Å². The molecule has 104 valence electrons. The van der Waals surface area contributed by atoms with E-state index in [-0.39, 0.29) is 5.41 Å². The van der Waals surface area contributed by atoms with Crippen molar-refractivity contribution >= 4 is 5.69 Å². The van der Waals surface area contributed by atoms with E-state index in [1.807, 2.05) is 7.05 Å². The molecule has 3 nitrogen and oxygen atoms in total. The van der Waals surface area contributed by atoms with Gasteiger partial charge in [-0.1, -0.05) is 12.1 Å². The average molecular weight is 260 g/mol. The molecule has 0 aromatic heterocycles. The molecule has 1 aromatic carbocycles. The first-order valence-electron chi connectivity index (χ1n) is 7.29. The van der Waals surface area contributed by atoms with Gasteiger partial charge in [0.25, 0.3) is 0 Å². The van der Waals surface area contributed by atoms with E-state index in [9.17, 15) is 0 Å². The van der Waals surface area contributed by atoms with E-state index in [2.05, 4.69) is 41.5 Å². The first kappa shape index (κ1) is 12.9. The van der Waals surface area contributed by atoms with Crippen LogP contribution < -0.4 is 5.32 Å². The van der Waals surface area contributed by atoms with Gasteiger partial charge in [-0.15, -0.1) is 0 Å². The summed E-state index contributed by atoms with van der Waals surface area (Å²) in [7, 11) is 4.22. The molecule has 2 heterocycles. The number of ether oxygens (including phenoxy) is 1. The van der Waals surface area contributed by atoms with Gasteiger partial charge in [-0.05, 0) is 50.0 Å². The quantitative estimate of drug-likeness (QED) is 0.903. The van der Waals surface area contributed by atoms with E-state index in [0.29, 0.717) is 0 Å². The highest BCUT2D eigenvalue weighted by Gasteiger charge is 2.47. The summed E-state index contributed by atoms with van der Waals surface area (Å²) in [5, 5.41) is 3.25. The van der Waals surface area contributed by atoms with Gasteiger partial charge in [0.2, 0.25) is 0 Å². The van der Waals surface area contributed by atoms with Gasteiger partial charge >= 0.3 is 0 Å². The summed E-state index contributed by atoms with van der Waals surface area (Å²) in [6.07, 6.45) is 2.64. The molecule has 19 heavy (non-hydrogen) atoms. The lowest BCUT2D eigenvalue weighted by molar-refractivity contribution is -0.102. The molecule has 0 saturated carbocycles. The first-order valence-corrected chi connectivity index (χ1v) is 7.29. The fourth-order valence-electron chi connectivity index (χ4n) is 3.56. The van der Waals surface area contributed by atoms with Gasteiger partial charge in [-0.3, -0.25) is 0 Å². The Labute approximate surface area is 115 Å². The van der Waals surface area contributed by atoms with Gasteiger partial charge in [0.05, 0.1) is 13.2 Å². The number of hydrogen-bond donors (Lipinski definition) is 1. The topological polar surface area (TPSA) is 24.5 Å². The molecule has 2 fully saturated rings. The summed E-state index contributed by atoms with van der Waals surface area (Å²) in [5.41, 5.74) is 2.90. The second kappa shape index (κ2) is 5.14. The summed E-state index contributed by atoms with van der Waals surface area (Å²) in [6, 6.07) is 8.87. The zero-order valence-corrected chi connectivity index (χ0v) is 12.0. The summed E-state index contributed by atoms with van der Waals surface area (Å²) in [4.78, 5) is 2.47. The highest BCUT2D eigenvalue weighted by atomic mass is 16.5. The SMILES string of the molecule is CNc1cccc(C2(C3CCCN(C)C3)COC2)c1. The molecule has 1 N–H and O–H groups in total. The number of nitrogens with one attached hydrogen (secondary N) is 1. The van der Waals surface area contributed by atoms with Crippen molar-refractivity contribution in [2.75, 3.05) is 45.7 Å². The molecule has 1 atom stereocenters. The first-order chi connectivity index (χ1) is 9.24. The van der Waals surface area contributed by atoms with Crippen LogP contribution in [0.25, 0.3) is 0 Å². The molecule has 2 aliphatic heterocycles.